The minimum atomic E-state index is -1.13. The zero-order valence-corrected chi connectivity index (χ0v) is 11.8. The number of hydrogen-bond acceptors (Lipinski definition) is 4. The van der Waals surface area contributed by atoms with Crippen LogP contribution in [0.1, 0.15) is 42.5 Å². The molecule has 5 nitrogen and oxygen atoms in total. The van der Waals surface area contributed by atoms with E-state index in [4.69, 9.17) is 4.42 Å². The lowest BCUT2D eigenvalue weighted by atomic mass is 9.66. The first-order valence-corrected chi connectivity index (χ1v) is 6.72. The average molecular weight is 274 g/mol. The second-order valence-electron chi connectivity index (χ2n) is 5.82. The van der Waals surface area contributed by atoms with Gasteiger partial charge in [-0.1, -0.05) is 0 Å². The van der Waals surface area contributed by atoms with E-state index in [1.165, 1.54) is 6.92 Å². The Balaban J connectivity index is 2.23. The fourth-order valence-corrected chi connectivity index (χ4v) is 3.46. The zero-order valence-electron chi connectivity index (χ0n) is 11.8. The number of carbonyl (C=O) groups is 1. The van der Waals surface area contributed by atoms with E-state index in [1.54, 1.807) is 19.3 Å². The molecule has 2 N–H and O–H groups in total. The number of aromatic nitrogens is 2. The summed E-state index contributed by atoms with van der Waals surface area (Å²) in [6.45, 7) is 5.15. The lowest BCUT2D eigenvalue weighted by Crippen LogP contribution is -2.48. The number of carbonyl (C=O) groups excluding carboxylic acids is 1. The van der Waals surface area contributed by atoms with Crippen LogP contribution in [0.4, 0.5) is 0 Å². The Labute approximate surface area is 117 Å². The van der Waals surface area contributed by atoms with Crippen LogP contribution in [0.15, 0.2) is 22.8 Å². The van der Waals surface area contributed by atoms with Crippen LogP contribution in [0.25, 0.3) is 0 Å². The number of rotatable bonds is 2. The van der Waals surface area contributed by atoms with Crippen molar-refractivity contribution < 1.29 is 14.3 Å². The van der Waals surface area contributed by atoms with E-state index in [0.717, 1.165) is 17.0 Å². The number of H-pyrrole nitrogens is 1. The maximum absolute atomic E-state index is 12.1. The van der Waals surface area contributed by atoms with Crippen molar-refractivity contribution >= 4 is 5.78 Å². The first kappa shape index (κ1) is 13.1. The van der Waals surface area contributed by atoms with E-state index < -0.39 is 11.5 Å². The smallest absolute Gasteiger partial charge is 0.136 e. The predicted molar refractivity (Wildman–Crippen MR) is 72.4 cm³/mol. The molecule has 0 amide bonds. The van der Waals surface area contributed by atoms with Gasteiger partial charge in [0.05, 0.1) is 29.4 Å². The van der Waals surface area contributed by atoms with E-state index in [2.05, 4.69) is 10.2 Å². The highest BCUT2D eigenvalue weighted by molar-refractivity contribution is 5.82. The number of Topliss-reactive ketones (excluding diaryl/α,β-unsaturated/α-hetero) is 1. The number of nitrogens with one attached hydrogen (secondary N) is 1. The van der Waals surface area contributed by atoms with Gasteiger partial charge in [0.25, 0.3) is 0 Å². The molecule has 0 spiro atoms. The van der Waals surface area contributed by atoms with Crippen LogP contribution >= 0.6 is 0 Å². The monoisotopic (exact) mass is 274 g/mol. The maximum Gasteiger partial charge on any atom is 0.136 e. The van der Waals surface area contributed by atoms with Gasteiger partial charge in [0.2, 0.25) is 0 Å². The summed E-state index contributed by atoms with van der Waals surface area (Å²) in [5.74, 6) is -0.170. The molecule has 1 aliphatic rings. The fraction of sp³-hybridized carbons (Fsp3) is 0.467. The van der Waals surface area contributed by atoms with Crippen LogP contribution < -0.4 is 0 Å². The molecule has 106 valence electrons. The Morgan fingerprint density at radius 3 is 2.95 bits per heavy atom. The highest BCUT2D eigenvalue weighted by Crippen LogP contribution is 2.46. The van der Waals surface area contributed by atoms with E-state index in [-0.39, 0.29) is 11.7 Å². The molecule has 0 radical (unpaired) electrons. The van der Waals surface area contributed by atoms with Crippen molar-refractivity contribution in [2.24, 2.45) is 5.92 Å². The molecule has 2 aromatic heterocycles. The molecule has 0 aromatic carbocycles. The molecule has 3 rings (SSSR count). The molecule has 3 atom stereocenters. The summed E-state index contributed by atoms with van der Waals surface area (Å²) in [4.78, 5) is 12.1. The summed E-state index contributed by atoms with van der Waals surface area (Å²) >= 11 is 0. The Hall–Kier alpha value is -1.88. The molecular formula is C15H18N2O3. The number of hydrogen-bond donors (Lipinski definition) is 2. The first-order valence-electron chi connectivity index (χ1n) is 6.72. The Bertz CT molecular complexity index is 640. The third kappa shape index (κ3) is 1.81. The van der Waals surface area contributed by atoms with E-state index >= 15 is 0 Å². The lowest BCUT2D eigenvalue weighted by Gasteiger charge is -2.40. The van der Waals surface area contributed by atoms with Gasteiger partial charge in [0, 0.05) is 17.7 Å². The number of aromatic amines is 1. The number of nitrogens with zero attached hydrogens (tertiary/aromatic N) is 1. The van der Waals surface area contributed by atoms with Gasteiger partial charge in [0.15, 0.2) is 0 Å². The average Bonchev–Trinajstić information content (AvgIpc) is 2.96. The van der Waals surface area contributed by atoms with E-state index in [9.17, 15) is 9.90 Å². The molecule has 2 aromatic rings. The molecule has 0 saturated heterocycles. The second-order valence-corrected chi connectivity index (χ2v) is 5.82. The summed E-state index contributed by atoms with van der Waals surface area (Å²) in [6.07, 6.45) is 1.96. The van der Waals surface area contributed by atoms with Gasteiger partial charge < -0.3 is 9.52 Å². The summed E-state index contributed by atoms with van der Waals surface area (Å²) in [6, 6.07) is 3.64. The minimum Gasteiger partial charge on any atom is -0.469 e. The van der Waals surface area contributed by atoms with E-state index in [1.807, 2.05) is 13.0 Å². The van der Waals surface area contributed by atoms with Crippen molar-refractivity contribution in [2.75, 3.05) is 0 Å². The van der Waals surface area contributed by atoms with Gasteiger partial charge in [0.1, 0.15) is 11.5 Å². The zero-order chi connectivity index (χ0) is 14.5. The van der Waals surface area contributed by atoms with Crippen molar-refractivity contribution in [3.8, 4) is 0 Å². The fourth-order valence-electron chi connectivity index (χ4n) is 3.46. The molecule has 1 aliphatic carbocycles. The highest BCUT2D eigenvalue weighted by atomic mass is 16.3. The number of aryl methyl sites for hydroxylation is 1. The SMILES string of the molecule is CC(=O)[C@@H]1[C@H](c2ccco2)c2c(n[nH]c2C)C[C@]1(C)O. The highest BCUT2D eigenvalue weighted by Gasteiger charge is 2.49. The molecule has 0 unspecified atom stereocenters. The van der Waals surface area contributed by atoms with Crippen LogP contribution in [-0.2, 0) is 11.2 Å². The van der Waals surface area contributed by atoms with Crippen molar-refractivity contribution in [3.63, 3.8) is 0 Å². The van der Waals surface area contributed by atoms with Crippen molar-refractivity contribution in [2.45, 2.75) is 38.7 Å². The summed E-state index contributed by atoms with van der Waals surface area (Å²) in [5, 5.41) is 17.9. The van der Waals surface area contributed by atoms with Crippen LogP contribution in [0.5, 0.6) is 0 Å². The summed E-state index contributed by atoms with van der Waals surface area (Å²) in [5.41, 5.74) is 1.58. The van der Waals surface area contributed by atoms with Crippen LogP contribution in [-0.4, -0.2) is 26.7 Å². The molecule has 20 heavy (non-hydrogen) atoms. The van der Waals surface area contributed by atoms with Gasteiger partial charge in [-0.2, -0.15) is 5.10 Å². The van der Waals surface area contributed by atoms with Gasteiger partial charge in [-0.15, -0.1) is 0 Å². The van der Waals surface area contributed by atoms with Gasteiger partial charge in [-0.3, -0.25) is 9.89 Å². The molecule has 0 bridgehead atoms. The van der Waals surface area contributed by atoms with Crippen molar-refractivity contribution in [1.29, 1.82) is 0 Å². The van der Waals surface area contributed by atoms with Gasteiger partial charge >= 0.3 is 0 Å². The number of furan rings is 1. The van der Waals surface area contributed by atoms with Crippen molar-refractivity contribution in [1.82, 2.24) is 10.2 Å². The molecule has 5 heteroatoms. The van der Waals surface area contributed by atoms with Crippen LogP contribution in [0.2, 0.25) is 0 Å². The molecule has 0 saturated carbocycles. The summed E-state index contributed by atoms with van der Waals surface area (Å²) in [7, 11) is 0. The second kappa shape index (κ2) is 4.31. The normalized spacial score (nSPS) is 29.2. The quantitative estimate of drug-likeness (QED) is 0.877. The predicted octanol–water partition coefficient (Wildman–Crippen LogP) is 1.96. The Morgan fingerprint density at radius 2 is 2.35 bits per heavy atom. The Kier molecular flexibility index (Phi) is 2.83. The molecule has 2 heterocycles. The number of fused-ring (bicyclic) bond motifs is 1. The minimum absolute atomic E-state index is 0.0392. The third-order valence-electron chi connectivity index (χ3n) is 4.20. The Morgan fingerprint density at radius 1 is 1.60 bits per heavy atom. The molecule has 0 aliphatic heterocycles. The standard InChI is InChI=1S/C15H18N2O3/c1-8-12-10(17-16-8)7-15(3,19)14(9(2)18)13(12)11-5-4-6-20-11/h4-6,13-14,19H,7H2,1-3H3,(H,16,17)/t13-,14-,15+/m1/s1. The third-order valence-corrected chi connectivity index (χ3v) is 4.20. The topological polar surface area (TPSA) is 79.1 Å². The number of ketones is 1. The first-order chi connectivity index (χ1) is 9.42. The largest absolute Gasteiger partial charge is 0.469 e. The molecular weight excluding hydrogens is 256 g/mol. The van der Waals surface area contributed by atoms with Gasteiger partial charge in [-0.05, 0) is 32.9 Å². The van der Waals surface area contributed by atoms with Crippen LogP contribution in [0.3, 0.4) is 0 Å². The van der Waals surface area contributed by atoms with Crippen molar-refractivity contribution in [3.05, 3.63) is 41.1 Å². The van der Waals surface area contributed by atoms with Crippen LogP contribution in [0, 0.1) is 12.8 Å². The van der Waals surface area contributed by atoms with Gasteiger partial charge in [-0.25, -0.2) is 0 Å². The molecule has 0 fully saturated rings. The summed E-state index contributed by atoms with van der Waals surface area (Å²) < 4.78 is 5.52. The van der Waals surface area contributed by atoms with E-state index in [0.29, 0.717) is 12.2 Å². The maximum atomic E-state index is 12.1. The lowest BCUT2D eigenvalue weighted by molar-refractivity contribution is -0.131. The number of aliphatic hydroxyl groups is 1.